The zero-order valence-corrected chi connectivity index (χ0v) is 9.27. The van der Waals surface area contributed by atoms with Gasteiger partial charge in [-0.2, -0.15) is 5.10 Å². The summed E-state index contributed by atoms with van der Waals surface area (Å²) < 4.78 is 1.87. The normalized spacial score (nSPS) is 20.4. The van der Waals surface area contributed by atoms with E-state index in [9.17, 15) is 0 Å². The molecule has 1 aliphatic heterocycles. The van der Waals surface area contributed by atoms with Crippen LogP contribution in [0.2, 0.25) is 0 Å². The second-order valence-corrected chi connectivity index (χ2v) is 4.23. The average molecular weight is 217 g/mol. The Labute approximate surface area is 93.9 Å². The highest BCUT2D eigenvalue weighted by Crippen LogP contribution is 2.16. The largest absolute Gasteiger partial charge is 0.364 e. The predicted octanol–water partition coefficient (Wildman–Crippen LogP) is 0.812. The van der Waals surface area contributed by atoms with E-state index in [4.69, 9.17) is 0 Å². The van der Waals surface area contributed by atoms with Crippen molar-refractivity contribution in [1.29, 1.82) is 0 Å². The zero-order chi connectivity index (χ0) is 11.0. The van der Waals surface area contributed by atoms with Gasteiger partial charge in [0.2, 0.25) is 0 Å². The molecule has 3 heterocycles. The molecule has 1 aliphatic rings. The lowest BCUT2D eigenvalue weighted by molar-refractivity contribution is 0.786. The average Bonchev–Trinajstić information content (AvgIpc) is 2.86. The standard InChI is InChI=1S/C11H15N5/c1-8-6-10-11(13-4-5-16(10)15-8)14-9-2-3-12-7-9/h4-6,9,12H,2-3,7H2,1H3,(H,13,14). The monoisotopic (exact) mass is 217 g/mol. The molecule has 3 rings (SSSR count). The van der Waals surface area contributed by atoms with Crippen molar-refractivity contribution >= 4 is 11.3 Å². The van der Waals surface area contributed by atoms with Gasteiger partial charge in [-0.3, -0.25) is 0 Å². The van der Waals surface area contributed by atoms with Crippen LogP contribution in [-0.4, -0.2) is 33.7 Å². The van der Waals surface area contributed by atoms with E-state index >= 15 is 0 Å². The number of rotatable bonds is 2. The molecule has 16 heavy (non-hydrogen) atoms. The number of nitrogens with zero attached hydrogens (tertiary/aromatic N) is 3. The van der Waals surface area contributed by atoms with Crippen LogP contribution in [-0.2, 0) is 0 Å². The Hall–Kier alpha value is -1.62. The summed E-state index contributed by atoms with van der Waals surface area (Å²) in [5.74, 6) is 0.928. The van der Waals surface area contributed by atoms with Crippen LogP contribution in [0, 0.1) is 6.92 Å². The highest BCUT2D eigenvalue weighted by molar-refractivity contribution is 5.68. The Morgan fingerprint density at radius 1 is 1.56 bits per heavy atom. The van der Waals surface area contributed by atoms with Crippen LogP contribution in [0.1, 0.15) is 12.1 Å². The Kier molecular flexibility index (Phi) is 2.25. The van der Waals surface area contributed by atoms with Crippen molar-refractivity contribution < 1.29 is 0 Å². The molecular weight excluding hydrogens is 202 g/mol. The summed E-state index contributed by atoms with van der Waals surface area (Å²) in [4.78, 5) is 4.38. The SMILES string of the molecule is Cc1cc2c(NC3CCNC3)nccn2n1. The molecule has 1 unspecified atom stereocenters. The van der Waals surface area contributed by atoms with Crippen molar-refractivity contribution in [2.75, 3.05) is 18.4 Å². The lowest BCUT2D eigenvalue weighted by atomic mass is 10.2. The molecule has 5 nitrogen and oxygen atoms in total. The maximum absolute atomic E-state index is 4.38. The summed E-state index contributed by atoms with van der Waals surface area (Å²) in [5, 5.41) is 11.2. The maximum atomic E-state index is 4.38. The molecule has 0 spiro atoms. The predicted molar refractivity (Wildman–Crippen MR) is 62.6 cm³/mol. The first kappa shape index (κ1) is 9.59. The van der Waals surface area contributed by atoms with E-state index in [2.05, 4.69) is 26.8 Å². The molecule has 0 bridgehead atoms. The van der Waals surface area contributed by atoms with Crippen molar-refractivity contribution in [3.05, 3.63) is 24.2 Å². The van der Waals surface area contributed by atoms with Gasteiger partial charge in [-0.15, -0.1) is 0 Å². The molecule has 5 heteroatoms. The maximum Gasteiger partial charge on any atom is 0.152 e. The van der Waals surface area contributed by atoms with Gasteiger partial charge in [0.1, 0.15) is 5.52 Å². The van der Waals surface area contributed by atoms with Crippen molar-refractivity contribution in [2.24, 2.45) is 0 Å². The Bertz CT molecular complexity index is 498. The van der Waals surface area contributed by atoms with Gasteiger partial charge in [-0.05, 0) is 26.0 Å². The number of hydrogen-bond acceptors (Lipinski definition) is 4. The van der Waals surface area contributed by atoms with Crippen LogP contribution >= 0.6 is 0 Å². The fourth-order valence-corrected chi connectivity index (χ4v) is 2.13. The van der Waals surface area contributed by atoms with Crippen LogP contribution in [0.4, 0.5) is 5.82 Å². The number of aryl methyl sites for hydroxylation is 1. The van der Waals surface area contributed by atoms with Gasteiger partial charge in [0.05, 0.1) is 5.69 Å². The lowest BCUT2D eigenvalue weighted by Crippen LogP contribution is -2.23. The fourth-order valence-electron chi connectivity index (χ4n) is 2.13. The van der Waals surface area contributed by atoms with Gasteiger partial charge in [-0.25, -0.2) is 9.50 Å². The Morgan fingerprint density at radius 2 is 2.50 bits per heavy atom. The fraction of sp³-hybridized carbons (Fsp3) is 0.455. The molecule has 1 atom stereocenters. The van der Waals surface area contributed by atoms with Crippen LogP contribution in [0.15, 0.2) is 18.5 Å². The molecule has 0 saturated carbocycles. The van der Waals surface area contributed by atoms with Gasteiger partial charge < -0.3 is 10.6 Å². The smallest absolute Gasteiger partial charge is 0.152 e. The first-order valence-electron chi connectivity index (χ1n) is 5.61. The summed E-state index contributed by atoms with van der Waals surface area (Å²) in [6.45, 7) is 4.09. The van der Waals surface area contributed by atoms with E-state index in [1.165, 1.54) is 0 Å². The zero-order valence-electron chi connectivity index (χ0n) is 9.27. The molecule has 1 fully saturated rings. The second-order valence-electron chi connectivity index (χ2n) is 4.23. The highest BCUT2D eigenvalue weighted by Gasteiger charge is 2.15. The number of anilines is 1. The Morgan fingerprint density at radius 3 is 3.31 bits per heavy atom. The summed E-state index contributed by atoms with van der Waals surface area (Å²) in [6, 6.07) is 2.53. The molecule has 2 aromatic heterocycles. The third-order valence-corrected chi connectivity index (χ3v) is 2.91. The van der Waals surface area contributed by atoms with Crippen molar-refractivity contribution in [2.45, 2.75) is 19.4 Å². The van der Waals surface area contributed by atoms with Crippen molar-refractivity contribution in [1.82, 2.24) is 19.9 Å². The summed E-state index contributed by atoms with van der Waals surface area (Å²) in [6.07, 6.45) is 4.81. The van der Waals surface area contributed by atoms with E-state index in [-0.39, 0.29) is 0 Å². The number of hydrogen-bond donors (Lipinski definition) is 2. The van der Waals surface area contributed by atoms with Crippen molar-refractivity contribution in [3.8, 4) is 0 Å². The minimum absolute atomic E-state index is 0.480. The minimum Gasteiger partial charge on any atom is -0.364 e. The van der Waals surface area contributed by atoms with E-state index < -0.39 is 0 Å². The molecule has 2 aromatic rings. The first-order chi connectivity index (χ1) is 7.83. The van der Waals surface area contributed by atoms with Crippen LogP contribution in [0.3, 0.4) is 0 Å². The Balaban J connectivity index is 1.95. The van der Waals surface area contributed by atoms with Gasteiger partial charge >= 0.3 is 0 Å². The van der Waals surface area contributed by atoms with Gasteiger partial charge in [0.15, 0.2) is 5.82 Å². The second kappa shape index (κ2) is 3.75. The molecule has 2 N–H and O–H groups in total. The molecule has 84 valence electrons. The minimum atomic E-state index is 0.480. The van der Waals surface area contributed by atoms with E-state index in [0.717, 1.165) is 36.5 Å². The third-order valence-electron chi connectivity index (χ3n) is 2.91. The topological polar surface area (TPSA) is 54.2 Å². The van der Waals surface area contributed by atoms with E-state index in [1.54, 1.807) is 6.20 Å². The van der Waals surface area contributed by atoms with Gasteiger partial charge in [0.25, 0.3) is 0 Å². The summed E-state index contributed by atoms with van der Waals surface area (Å²) in [5.41, 5.74) is 2.06. The van der Waals surface area contributed by atoms with Crippen LogP contribution < -0.4 is 10.6 Å². The van der Waals surface area contributed by atoms with Crippen molar-refractivity contribution in [3.63, 3.8) is 0 Å². The highest BCUT2D eigenvalue weighted by atomic mass is 15.2. The molecular formula is C11H15N5. The molecule has 1 saturated heterocycles. The number of fused-ring (bicyclic) bond motifs is 1. The number of nitrogens with one attached hydrogen (secondary N) is 2. The van der Waals surface area contributed by atoms with Gasteiger partial charge in [0, 0.05) is 25.0 Å². The van der Waals surface area contributed by atoms with E-state index in [0.29, 0.717) is 6.04 Å². The van der Waals surface area contributed by atoms with Crippen LogP contribution in [0.5, 0.6) is 0 Å². The third kappa shape index (κ3) is 1.63. The first-order valence-corrected chi connectivity index (χ1v) is 5.61. The van der Waals surface area contributed by atoms with Crippen LogP contribution in [0.25, 0.3) is 5.52 Å². The van der Waals surface area contributed by atoms with E-state index in [1.807, 2.05) is 17.6 Å². The summed E-state index contributed by atoms with van der Waals surface area (Å²) in [7, 11) is 0. The molecule has 0 aromatic carbocycles. The molecule has 0 radical (unpaired) electrons. The molecule has 0 aliphatic carbocycles. The lowest BCUT2D eigenvalue weighted by Gasteiger charge is -2.12. The summed E-state index contributed by atoms with van der Waals surface area (Å²) >= 11 is 0. The molecule has 0 amide bonds. The quantitative estimate of drug-likeness (QED) is 0.781. The number of aromatic nitrogens is 3. The van der Waals surface area contributed by atoms with Gasteiger partial charge in [-0.1, -0.05) is 0 Å².